The van der Waals surface area contributed by atoms with Crippen LogP contribution in [-0.2, 0) is 10.0 Å². The molecule has 0 amide bonds. The highest BCUT2D eigenvalue weighted by Gasteiger charge is 2.30. The number of carboxylic acid groups (broad SMARTS) is 1. The van der Waals surface area contributed by atoms with Gasteiger partial charge in [0.15, 0.2) is 0 Å². The number of aromatic carboxylic acids is 1. The van der Waals surface area contributed by atoms with E-state index in [0.717, 1.165) is 0 Å². The smallest absolute Gasteiger partial charge is 0.337 e. The maximum Gasteiger partial charge on any atom is 0.337 e. The maximum absolute atomic E-state index is 12.7. The van der Waals surface area contributed by atoms with Crippen LogP contribution in [0.25, 0.3) is 0 Å². The van der Waals surface area contributed by atoms with Crippen LogP contribution in [0, 0.1) is 5.92 Å². The van der Waals surface area contributed by atoms with E-state index in [9.17, 15) is 13.2 Å². The molecule has 0 unspecified atom stereocenters. The zero-order chi connectivity index (χ0) is 15.5. The lowest BCUT2D eigenvalue weighted by molar-refractivity contribution is 0.0692. The number of hydrogen-bond acceptors (Lipinski definition) is 3. The number of carbonyl (C=O) groups is 1. The molecule has 1 rings (SSSR count). The van der Waals surface area contributed by atoms with Gasteiger partial charge in [0.1, 0.15) is 0 Å². The molecule has 0 spiro atoms. The van der Waals surface area contributed by atoms with E-state index in [0.29, 0.717) is 6.54 Å². The summed E-state index contributed by atoms with van der Waals surface area (Å²) in [5.74, 6) is -1.08. The summed E-state index contributed by atoms with van der Waals surface area (Å²) in [6.07, 6.45) is 0. The Balaban J connectivity index is 3.37. The summed E-state index contributed by atoms with van der Waals surface area (Å²) >= 11 is 0. The second-order valence-corrected chi connectivity index (χ2v) is 7.22. The fourth-order valence-corrected chi connectivity index (χ4v) is 3.93. The molecule has 20 heavy (non-hydrogen) atoms. The first-order chi connectivity index (χ1) is 9.17. The molecule has 6 heteroatoms. The van der Waals surface area contributed by atoms with Gasteiger partial charge in [-0.1, -0.05) is 26.0 Å². The molecule has 0 fully saturated rings. The van der Waals surface area contributed by atoms with E-state index in [1.165, 1.54) is 28.6 Å². The minimum absolute atomic E-state index is 0.151. The van der Waals surface area contributed by atoms with E-state index in [1.54, 1.807) is 13.8 Å². The molecule has 0 heterocycles. The molecule has 1 aromatic rings. The highest BCUT2D eigenvalue weighted by molar-refractivity contribution is 7.89. The summed E-state index contributed by atoms with van der Waals surface area (Å²) in [5, 5.41) is 9.15. The van der Waals surface area contributed by atoms with Crippen molar-refractivity contribution in [2.75, 3.05) is 6.54 Å². The monoisotopic (exact) mass is 299 g/mol. The fraction of sp³-hybridized carbons (Fsp3) is 0.500. The summed E-state index contributed by atoms with van der Waals surface area (Å²) < 4.78 is 26.7. The Bertz CT molecular complexity index is 579. The Morgan fingerprint density at radius 1 is 1.20 bits per heavy atom. The molecule has 0 aromatic heterocycles. The lowest BCUT2D eigenvalue weighted by atomic mass is 10.2. The van der Waals surface area contributed by atoms with Crippen LogP contribution in [0.1, 0.15) is 38.1 Å². The third-order valence-electron chi connectivity index (χ3n) is 2.83. The largest absolute Gasteiger partial charge is 0.478 e. The quantitative estimate of drug-likeness (QED) is 0.875. The Morgan fingerprint density at radius 3 is 2.20 bits per heavy atom. The lowest BCUT2D eigenvalue weighted by Crippen LogP contribution is -2.40. The van der Waals surface area contributed by atoms with Gasteiger partial charge in [-0.2, -0.15) is 4.31 Å². The summed E-state index contributed by atoms with van der Waals surface area (Å²) in [5.41, 5.74) is -0.193. The summed E-state index contributed by atoms with van der Waals surface area (Å²) in [4.78, 5) is 11.0. The number of nitrogens with zero attached hydrogens (tertiary/aromatic N) is 1. The van der Waals surface area contributed by atoms with Crippen LogP contribution in [0.5, 0.6) is 0 Å². The highest BCUT2D eigenvalue weighted by Crippen LogP contribution is 2.23. The van der Waals surface area contributed by atoms with Crippen molar-refractivity contribution in [3.8, 4) is 0 Å². The van der Waals surface area contributed by atoms with Crippen LogP contribution in [0.15, 0.2) is 29.2 Å². The molecular weight excluding hydrogens is 278 g/mol. The van der Waals surface area contributed by atoms with E-state index in [-0.39, 0.29) is 22.4 Å². The Labute approximate surface area is 120 Å². The zero-order valence-electron chi connectivity index (χ0n) is 12.2. The SMILES string of the molecule is CC(C)CN(C(C)C)S(=O)(=O)c1ccccc1C(=O)O. The summed E-state index contributed by atoms with van der Waals surface area (Å²) in [6.45, 7) is 7.77. The third-order valence-corrected chi connectivity index (χ3v) is 4.93. The topological polar surface area (TPSA) is 74.7 Å². The van der Waals surface area contributed by atoms with Crippen molar-refractivity contribution in [1.82, 2.24) is 4.31 Å². The second kappa shape index (κ2) is 6.37. The van der Waals surface area contributed by atoms with E-state index < -0.39 is 16.0 Å². The van der Waals surface area contributed by atoms with Gasteiger partial charge in [0, 0.05) is 12.6 Å². The Hall–Kier alpha value is -1.40. The van der Waals surface area contributed by atoms with E-state index in [2.05, 4.69) is 0 Å². The highest BCUT2D eigenvalue weighted by atomic mass is 32.2. The van der Waals surface area contributed by atoms with Crippen LogP contribution in [0.3, 0.4) is 0 Å². The van der Waals surface area contributed by atoms with Gasteiger partial charge in [0.05, 0.1) is 10.5 Å². The number of benzene rings is 1. The molecule has 0 aliphatic carbocycles. The number of carboxylic acids is 1. The lowest BCUT2D eigenvalue weighted by Gasteiger charge is -2.28. The Morgan fingerprint density at radius 2 is 1.75 bits per heavy atom. The van der Waals surface area contributed by atoms with Crippen LogP contribution < -0.4 is 0 Å². The van der Waals surface area contributed by atoms with Crippen LogP contribution in [0.2, 0.25) is 0 Å². The Kier molecular flexibility index (Phi) is 5.30. The van der Waals surface area contributed by atoms with Crippen molar-refractivity contribution in [2.45, 2.75) is 38.6 Å². The predicted molar refractivity (Wildman–Crippen MR) is 77.3 cm³/mol. The molecule has 0 saturated carbocycles. The van der Waals surface area contributed by atoms with E-state index in [1.807, 2.05) is 13.8 Å². The summed E-state index contributed by atoms with van der Waals surface area (Å²) in [6, 6.07) is 5.47. The van der Waals surface area contributed by atoms with Gasteiger partial charge in [0.25, 0.3) is 0 Å². The molecule has 0 radical (unpaired) electrons. The van der Waals surface area contributed by atoms with Gasteiger partial charge in [-0.25, -0.2) is 13.2 Å². The van der Waals surface area contributed by atoms with Gasteiger partial charge in [-0.05, 0) is 31.9 Å². The molecule has 0 aliphatic rings. The number of hydrogen-bond donors (Lipinski definition) is 1. The normalized spacial score (nSPS) is 12.3. The van der Waals surface area contributed by atoms with Crippen molar-refractivity contribution >= 4 is 16.0 Å². The fourth-order valence-electron chi connectivity index (χ4n) is 1.94. The average molecular weight is 299 g/mol. The molecule has 1 N–H and O–H groups in total. The zero-order valence-corrected chi connectivity index (χ0v) is 13.0. The van der Waals surface area contributed by atoms with E-state index in [4.69, 9.17) is 5.11 Å². The molecule has 0 aliphatic heterocycles. The van der Waals surface area contributed by atoms with E-state index >= 15 is 0 Å². The number of rotatable bonds is 6. The van der Waals surface area contributed by atoms with Crippen molar-refractivity contribution < 1.29 is 18.3 Å². The molecule has 1 aromatic carbocycles. The third kappa shape index (κ3) is 3.58. The average Bonchev–Trinajstić information content (AvgIpc) is 2.35. The molecule has 5 nitrogen and oxygen atoms in total. The first-order valence-electron chi connectivity index (χ1n) is 6.52. The predicted octanol–water partition coefficient (Wildman–Crippen LogP) is 2.44. The molecule has 0 bridgehead atoms. The van der Waals surface area contributed by atoms with Crippen molar-refractivity contribution in [3.63, 3.8) is 0 Å². The van der Waals surface area contributed by atoms with Gasteiger partial charge >= 0.3 is 5.97 Å². The summed E-state index contributed by atoms with van der Waals surface area (Å²) in [7, 11) is -3.82. The standard InChI is InChI=1S/C14H21NO4S/c1-10(2)9-15(11(3)4)20(18,19)13-8-6-5-7-12(13)14(16)17/h5-8,10-11H,9H2,1-4H3,(H,16,17). The van der Waals surface area contributed by atoms with Gasteiger partial charge in [-0.15, -0.1) is 0 Å². The van der Waals surface area contributed by atoms with Crippen molar-refractivity contribution in [3.05, 3.63) is 29.8 Å². The molecule has 112 valence electrons. The second-order valence-electron chi connectivity index (χ2n) is 5.36. The van der Waals surface area contributed by atoms with Crippen LogP contribution in [-0.4, -0.2) is 36.4 Å². The van der Waals surface area contributed by atoms with Gasteiger partial charge < -0.3 is 5.11 Å². The van der Waals surface area contributed by atoms with Gasteiger partial charge in [0.2, 0.25) is 10.0 Å². The van der Waals surface area contributed by atoms with Crippen molar-refractivity contribution in [1.29, 1.82) is 0 Å². The van der Waals surface area contributed by atoms with Gasteiger partial charge in [-0.3, -0.25) is 0 Å². The molecule has 0 atom stereocenters. The van der Waals surface area contributed by atoms with Crippen molar-refractivity contribution in [2.24, 2.45) is 5.92 Å². The first-order valence-corrected chi connectivity index (χ1v) is 7.96. The minimum atomic E-state index is -3.82. The number of sulfonamides is 1. The maximum atomic E-state index is 12.7. The molecule has 0 saturated heterocycles. The minimum Gasteiger partial charge on any atom is -0.478 e. The van der Waals surface area contributed by atoms with Crippen LogP contribution >= 0.6 is 0 Å². The molecular formula is C14H21NO4S. The van der Waals surface area contributed by atoms with Crippen LogP contribution in [0.4, 0.5) is 0 Å². The first kappa shape index (κ1) is 16.7.